The summed E-state index contributed by atoms with van der Waals surface area (Å²) in [4.78, 5) is 0. The number of hydrogen-bond donors (Lipinski definition) is 0. The van der Waals surface area contributed by atoms with Crippen molar-refractivity contribution in [3.63, 3.8) is 0 Å². The standard InChI is InChI=1S/3C8H9O2.Bi/c3*1-9-7-5-3-4-6-8(7)10-2;/h3*3,5-6H,1-2H3;. The van der Waals surface area contributed by atoms with Crippen LogP contribution in [0.15, 0.2) is 54.6 Å². The molecule has 0 saturated carbocycles. The van der Waals surface area contributed by atoms with E-state index in [9.17, 15) is 0 Å². The van der Waals surface area contributed by atoms with Gasteiger partial charge in [0.15, 0.2) is 0 Å². The Hall–Kier alpha value is -2.66. The van der Waals surface area contributed by atoms with Gasteiger partial charge in [0.25, 0.3) is 0 Å². The Morgan fingerprint density at radius 1 is 0.387 bits per heavy atom. The quantitative estimate of drug-likeness (QED) is 0.343. The van der Waals surface area contributed by atoms with Gasteiger partial charge in [0, 0.05) is 0 Å². The monoisotopic (exact) mass is 620 g/mol. The van der Waals surface area contributed by atoms with E-state index in [4.69, 9.17) is 28.4 Å². The van der Waals surface area contributed by atoms with Crippen molar-refractivity contribution in [1.29, 1.82) is 0 Å². The number of methoxy groups -OCH3 is 6. The van der Waals surface area contributed by atoms with E-state index in [1.54, 1.807) is 42.7 Å². The molecule has 3 aromatic rings. The van der Waals surface area contributed by atoms with Crippen LogP contribution in [0.25, 0.3) is 0 Å². The maximum atomic E-state index is 5.58. The zero-order valence-corrected chi connectivity index (χ0v) is 22.1. The van der Waals surface area contributed by atoms with Gasteiger partial charge in [-0.15, -0.1) is 0 Å². The fourth-order valence-electron chi connectivity index (χ4n) is 3.34. The molecular formula is C24H27BiO6. The van der Waals surface area contributed by atoms with Crippen LogP contribution in [0.1, 0.15) is 0 Å². The molecule has 6 nitrogen and oxygen atoms in total. The molecule has 164 valence electrons. The molecule has 0 bridgehead atoms. The van der Waals surface area contributed by atoms with Crippen molar-refractivity contribution in [1.82, 2.24) is 0 Å². The van der Waals surface area contributed by atoms with Gasteiger partial charge in [-0.3, -0.25) is 0 Å². The number of ether oxygens (including phenoxy) is 6. The van der Waals surface area contributed by atoms with E-state index in [2.05, 4.69) is 36.4 Å². The van der Waals surface area contributed by atoms with Crippen LogP contribution in [-0.4, -0.2) is 64.4 Å². The normalized spacial score (nSPS) is 10.5. The topological polar surface area (TPSA) is 55.4 Å². The summed E-state index contributed by atoms with van der Waals surface area (Å²) in [6.07, 6.45) is 0. The first-order chi connectivity index (χ1) is 15.1. The van der Waals surface area contributed by atoms with Crippen LogP contribution < -0.4 is 38.2 Å². The van der Waals surface area contributed by atoms with Crippen molar-refractivity contribution < 1.29 is 28.4 Å². The van der Waals surface area contributed by atoms with Crippen molar-refractivity contribution in [2.24, 2.45) is 0 Å². The molecule has 0 aliphatic carbocycles. The van der Waals surface area contributed by atoms with Gasteiger partial charge in [0.1, 0.15) is 0 Å². The first kappa shape index (κ1) is 23.0. The second-order valence-electron chi connectivity index (χ2n) is 6.45. The summed E-state index contributed by atoms with van der Waals surface area (Å²) >= 11 is -2.78. The summed E-state index contributed by atoms with van der Waals surface area (Å²) in [5.74, 6) is 4.24. The van der Waals surface area contributed by atoms with E-state index in [0.29, 0.717) is 34.5 Å². The molecule has 0 atom stereocenters. The van der Waals surface area contributed by atoms with E-state index in [-0.39, 0.29) is 0 Å². The maximum absolute atomic E-state index is 5.58. The Morgan fingerprint density at radius 2 is 0.645 bits per heavy atom. The predicted molar refractivity (Wildman–Crippen MR) is 123 cm³/mol. The van der Waals surface area contributed by atoms with Crippen molar-refractivity contribution in [3.8, 4) is 34.5 Å². The number of benzene rings is 3. The van der Waals surface area contributed by atoms with Gasteiger partial charge in [0.2, 0.25) is 0 Å². The average molecular weight is 620 g/mol. The van der Waals surface area contributed by atoms with Gasteiger partial charge in [0.05, 0.1) is 0 Å². The van der Waals surface area contributed by atoms with E-state index in [0.717, 1.165) is 0 Å². The van der Waals surface area contributed by atoms with Crippen molar-refractivity contribution in [3.05, 3.63) is 54.6 Å². The van der Waals surface area contributed by atoms with Crippen LogP contribution >= 0.6 is 0 Å². The van der Waals surface area contributed by atoms with Gasteiger partial charge < -0.3 is 0 Å². The SMILES string of the molecule is COc1cc[c]([Bi]([c]2ccc(OC)c(OC)c2)[c]2ccc(OC)c(OC)c2)cc1OC. The van der Waals surface area contributed by atoms with E-state index in [1.165, 1.54) is 9.81 Å². The summed E-state index contributed by atoms with van der Waals surface area (Å²) in [5.41, 5.74) is 0. The molecule has 31 heavy (non-hydrogen) atoms. The second kappa shape index (κ2) is 10.6. The van der Waals surface area contributed by atoms with Gasteiger partial charge in [-0.2, -0.15) is 0 Å². The molecule has 7 heteroatoms. The fraction of sp³-hybridized carbons (Fsp3) is 0.250. The predicted octanol–water partition coefficient (Wildman–Crippen LogP) is 2.25. The van der Waals surface area contributed by atoms with E-state index < -0.39 is 21.8 Å². The molecular weight excluding hydrogens is 593 g/mol. The molecule has 0 amide bonds. The Morgan fingerprint density at radius 3 is 0.871 bits per heavy atom. The van der Waals surface area contributed by atoms with Gasteiger partial charge in [-0.1, -0.05) is 0 Å². The first-order valence-electron chi connectivity index (χ1n) is 9.56. The molecule has 0 aliphatic rings. The van der Waals surface area contributed by atoms with Crippen LogP contribution in [0.2, 0.25) is 0 Å². The Labute approximate surface area is 191 Å². The Kier molecular flexibility index (Phi) is 7.86. The van der Waals surface area contributed by atoms with Crippen molar-refractivity contribution in [2.75, 3.05) is 42.7 Å². The summed E-state index contributed by atoms with van der Waals surface area (Å²) in [5, 5.41) is 0. The average Bonchev–Trinajstić information content (AvgIpc) is 2.83. The Balaban J connectivity index is 2.22. The molecule has 0 aliphatic heterocycles. The first-order valence-corrected chi connectivity index (χ1v) is 14.8. The van der Waals surface area contributed by atoms with Gasteiger partial charge in [-0.05, 0) is 0 Å². The summed E-state index contributed by atoms with van der Waals surface area (Å²) in [7, 11) is 9.87. The molecule has 0 unspecified atom stereocenters. The minimum atomic E-state index is -2.78. The zero-order chi connectivity index (χ0) is 22.4. The van der Waals surface area contributed by atoms with E-state index in [1.807, 2.05) is 18.2 Å². The molecule has 0 N–H and O–H groups in total. The summed E-state index contributed by atoms with van der Waals surface area (Å²) in [6.45, 7) is 0. The molecule has 0 aromatic heterocycles. The van der Waals surface area contributed by atoms with Crippen molar-refractivity contribution in [2.45, 2.75) is 0 Å². The Bertz CT molecular complexity index is 905. The second-order valence-corrected chi connectivity index (χ2v) is 15.1. The fourth-order valence-corrected chi connectivity index (χ4v) is 12.3. The van der Waals surface area contributed by atoms with Crippen LogP contribution in [-0.2, 0) is 0 Å². The van der Waals surface area contributed by atoms with Crippen LogP contribution in [0.4, 0.5) is 0 Å². The number of rotatable bonds is 9. The zero-order valence-electron chi connectivity index (χ0n) is 18.6. The molecule has 0 spiro atoms. The van der Waals surface area contributed by atoms with Crippen LogP contribution in [0, 0.1) is 0 Å². The van der Waals surface area contributed by atoms with E-state index >= 15 is 0 Å². The molecule has 0 saturated heterocycles. The molecule has 0 fully saturated rings. The molecule has 0 heterocycles. The summed E-state index contributed by atoms with van der Waals surface area (Å²) < 4.78 is 36.7. The third-order valence-corrected chi connectivity index (χ3v) is 14.1. The van der Waals surface area contributed by atoms with Crippen LogP contribution in [0.5, 0.6) is 34.5 Å². The third kappa shape index (κ3) is 4.82. The van der Waals surface area contributed by atoms with Gasteiger partial charge >= 0.3 is 192 Å². The summed E-state index contributed by atoms with van der Waals surface area (Å²) in [6, 6.07) is 18.4. The minimum absolute atomic E-state index is 0.704. The number of hydrogen-bond acceptors (Lipinski definition) is 6. The molecule has 3 aromatic carbocycles. The van der Waals surface area contributed by atoms with Crippen molar-refractivity contribution >= 4 is 31.6 Å². The molecule has 3 rings (SSSR count). The molecule has 0 radical (unpaired) electrons. The van der Waals surface area contributed by atoms with Crippen LogP contribution in [0.3, 0.4) is 0 Å². The van der Waals surface area contributed by atoms with Gasteiger partial charge in [-0.25, -0.2) is 0 Å². The third-order valence-electron chi connectivity index (χ3n) is 4.88.